The van der Waals surface area contributed by atoms with Crippen LogP contribution in [0.3, 0.4) is 0 Å². The van der Waals surface area contributed by atoms with Gasteiger partial charge in [0.15, 0.2) is 0 Å². The SMILES string of the molecule is C=CCC(NC(C=C)COC(c1ccccc1)(c1ccccc1)c1ccccc1)c1ccccc1. The summed E-state index contributed by atoms with van der Waals surface area (Å²) < 4.78 is 7.00. The number of hydrogen-bond donors (Lipinski definition) is 1. The third-order valence-corrected chi connectivity index (χ3v) is 6.32. The number of ether oxygens (including phenoxy) is 1. The number of nitrogens with one attached hydrogen (secondary N) is 1. The highest BCUT2D eigenvalue weighted by molar-refractivity contribution is 5.47. The Morgan fingerprint density at radius 2 is 1.09 bits per heavy atom. The molecule has 176 valence electrons. The summed E-state index contributed by atoms with van der Waals surface area (Å²) in [7, 11) is 0. The average Bonchev–Trinajstić information content (AvgIpc) is 2.94. The molecule has 0 fully saturated rings. The first-order valence-electron chi connectivity index (χ1n) is 12.1. The van der Waals surface area contributed by atoms with Gasteiger partial charge in [0.05, 0.1) is 6.61 Å². The number of benzene rings is 4. The molecule has 4 aromatic rings. The molecule has 0 saturated heterocycles. The molecular formula is C33H33NO. The summed E-state index contributed by atoms with van der Waals surface area (Å²) >= 11 is 0. The quantitative estimate of drug-likeness (QED) is 0.175. The monoisotopic (exact) mass is 459 g/mol. The molecule has 0 radical (unpaired) electrons. The van der Waals surface area contributed by atoms with E-state index in [1.54, 1.807) is 0 Å². The van der Waals surface area contributed by atoms with Crippen LogP contribution in [0.5, 0.6) is 0 Å². The van der Waals surface area contributed by atoms with E-state index in [0.29, 0.717) is 6.61 Å². The van der Waals surface area contributed by atoms with Gasteiger partial charge in [-0.05, 0) is 28.7 Å². The minimum absolute atomic E-state index is 0.0596. The third-order valence-electron chi connectivity index (χ3n) is 6.32. The number of rotatable bonds is 12. The molecule has 35 heavy (non-hydrogen) atoms. The lowest BCUT2D eigenvalue weighted by Gasteiger charge is -2.37. The Morgan fingerprint density at radius 3 is 1.49 bits per heavy atom. The molecule has 2 atom stereocenters. The van der Waals surface area contributed by atoms with Crippen molar-refractivity contribution >= 4 is 0 Å². The van der Waals surface area contributed by atoms with E-state index in [1.165, 1.54) is 5.56 Å². The van der Waals surface area contributed by atoms with Gasteiger partial charge in [-0.25, -0.2) is 0 Å². The van der Waals surface area contributed by atoms with Gasteiger partial charge in [-0.2, -0.15) is 0 Å². The summed E-state index contributed by atoms with van der Waals surface area (Å²) in [6, 6.07) is 41.9. The van der Waals surface area contributed by atoms with E-state index in [1.807, 2.05) is 36.4 Å². The minimum atomic E-state index is -0.757. The maximum absolute atomic E-state index is 7.00. The molecule has 0 bridgehead atoms. The Hall–Kier alpha value is -3.72. The zero-order chi connectivity index (χ0) is 24.3. The van der Waals surface area contributed by atoms with E-state index in [4.69, 9.17) is 4.74 Å². The van der Waals surface area contributed by atoms with E-state index in [9.17, 15) is 0 Å². The second-order valence-corrected chi connectivity index (χ2v) is 8.59. The minimum Gasteiger partial charge on any atom is -0.359 e. The predicted molar refractivity (Wildman–Crippen MR) is 146 cm³/mol. The molecule has 0 aliphatic carbocycles. The van der Waals surface area contributed by atoms with Gasteiger partial charge >= 0.3 is 0 Å². The molecule has 0 heterocycles. The zero-order valence-corrected chi connectivity index (χ0v) is 20.1. The van der Waals surface area contributed by atoms with E-state index in [0.717, 1.165) is 23.1 Å². The van der Waals surface area contributed by atoms with Crippen LogP contribution in [-0.4, -0.2) is 12.6 Å². The fourth-order valence-electron chi connectivity index (χ4n) is 4.58. The first-order chi connectivity index (χ1) is 17.3. The third kappa shape index (κ3) is 5.68. The van der Waals surface area contributed by atoms with Crippen molar-refractivity contribution in [3.05, 3.63) is 169 Å². The Balaban J connectivity index is 1.70. The molecule has 0 aromatic heterocycles. The molecule has 2 nitrogen and oxygen atoms in total. The molecule has 2 unspecified atom stereocenters. The van der Waals surface area contributed by atoms with Crippen molar-refractivity contribution in [3.8, 4) is 0 Å². The molecule has 1 N–H and O–H groups in total. The smallest absolute Gasteiger partial charge is 0.143 e. The summed E-state index contributed by atoms with van der Waals surface area (Å²) in [5.41, 5.74) is 3.73. The van der Waals surface area contributed by atoms with Crippen LogP contribution in [0, 0.1) is 0 Å². The Bertz CT molecular complexity index is 1080. The van der Waals surface area contributed by atoms with Crippen LogP contribution < -0.4 is 5.32 Å². The lowest BCUT2D eigenvalue weighted by atomic mass is 9.80. The van der Waals surface area contributed by atoms with Crippen molar-refractivity contribution < 1.29 is 4.74 Å². The highest BCUT2D eigenvalue weighted by Gasteiger charge is 2.38. The molecule has 2 heteroatoms. The number of hydrogen-bond acceptors (Lipinski definition) is 2. The highest BCUT2D eigenvalue weighted by Crippen LogP contribution is 2.40. The van der Waals surface area contributed by atoms with Gasteiger partial charge in [-0.1, -0.05) is 133 Å². The fourth-order valence-corrected chi connectivity index (χ4v) is 4.58. The van der Waals surface area contributed by atoms with Gasteiger partial charge < -0.3 is 10.1 Å². The van der Waals surface area contributed by atoms with Gasteiger partial charge in [0.1, 0.15) is 5.60 Å². The van der Waals surface area contributed by atoms with Crippen molar-refractivity contribution in [2.75, 3.05) is 6.61 Å². The molecule has 0 spiro atoms. The van der Waals surface area contributed by atoms with Gasteiger partial charge in [0, 0.05) is 12.1 Å². The maximum atomic E-state index is 7.00. The topological polar surface area (TPSA) is 21.3 Å². The van der Waals surface area contributed by atoms with Crippen LogP contribution in [0.1, 0.15) is 34.7 Å². The standard InChI is InChI=1S/C33H33NO/c1-3-17-32(27-18-9-5-10-19-27)34-31(4-2)26-35-33(28-20-11-6-12-21-28,29-22-13-7-14-23-29)30-24-15-8-16-25-30/h3-16,18-25,31-32,34H,1-2,17,26H2. The van der Waals surface area contributed by atoms with Gasteiger partial charge in [0.2, 0.25) is 0 Å². The van der Waals surface area contributed by atoms with Crippen LogP contribution in [-0.2, 0) is 10.3 Å². The van der Waals surface area contributed by atoms with Crippen LogP contribution >= 0.6 is 0 Å². The maximum Gasteiger partial charge on any atom is 0.143 e. The zero-order valence-electron chi connectivity index (χ0n) is 20.1. The summed E-state index contributed by atoms with van der Waals surface area (Å²) in [5.74, 6) is 0. The Morgan fingerprint density at radius 1 is 0.657 bits per heavy atom. The summed E-state index contributed by atoms with van der Waals surface area (Å²) in [4.78, 5) is 0. The van der Waals surface area contributed by atoms with E-state index >= 15 is 0 Å². The van der Waals surface area contributed by atoms with Crippen molar-refractivity contribution in [2.24, 2.45) is 0 Å². The lowest BCUT2D eigenvalue weighted by Crippen LogP contribution is -2.40. The van der Waals surface area contributed by atoms with Crippen LogP contribution in [0.15, 0.2) is 147 Å². The largest absolute Gasteiger partial charge is 0.359 e. The molecular weight excluding hydrogens is 426 g/mol. The molecule has 0 aliphatic heterocycles. The van der Waals surface area contributed by atoms with Crippen molar-refractivity contribution in [3.63, 3.8) is 0 Å². The van der Waals surface area contributed by atoms with Crippen LogP contribution in [0.4, 0.5) is 0 Å². The average molecular weight is 460 g/mol. The second kappa shape index (κ2) is 12.1. The van der Waals surface area contributed by atoms with Crippen molar-refractivity contribution in [1.82, 2.24) is 5.32 Å². The molecule has 0 saturated carbocycles. The first kappa shape index (κ1) is 24.4. The second-order valence-electron chi connectivity index (χ2n) is 8.59. The van der Waals surface area contributed by atoms with Crippen molar-refractivity contribution in [1.29, 1.82) is 0 Å². The molecule has 4 rings (SSSR count). The Labute approximate surface area is 209 Å². The Kier molecular flexibility index (Phi) is 8.45. The van der Waals surface area contributed by atoms with Crippen LogP contribution in [0.2, 0.25) is 0 Å². The van der Waals surface area contributed by atoms with E-state index in [-0.39, 0.29) is 12.1 Å². The molecule has 0 aliphatic rings. The normalized spacial score (nSPS) is 13.0. The summed E-state index contributed by atoms with van der Waals surface area (Å²) in [6.07, 6.45) is 4.70. The highest BCUT2D eigenvalue weighted by atomic mass is 16.5. The van der Waals surface area contributed by atoms with E-state index < -0.39 is 5.60 Å². The van der Waals surface area contributed by atoms with E-state index in [2.05, 4.69) is 116 Å². The van der Waals surface area contributed by atoms with Crippen LogP contribution in [0.25, 0.3) is 0 Å². The molecule has 4 aromatic carbocycles. The van der Waals surface area contributed by atoms with Crippen molar-refractivity contribution in [2.45, 2.75) is 24.1 Å². The summed E-state index contributed by atoms with van der Waals surface area (Å²) in [5, 5.41) is 3.73. The predicted octanol–water partition coefficient (Wildman–Crippen LogP) is 7.46. The molecule has 0 amide bonds. The van der Waals surface area contributed by atoms with Gasteiger partial charge in [-0.15, -0.1) is 13.2 Å². The first-order valence-corrected chi connectivity index (χ1v) is 12.1. The van der Waals surface area contributed by atoms with Gasteiger partial charge in [-0.3, -0.25) is 0 Å². The fraction of sp³-hybridized carbons (Fsp3) is 0.152. The van der Waals surface area contributed by atoms with Gasteiger partial charge in [0.25, 0.3) is 0 Å². The lowest BCUT2D eigenvalue weighted by molar-refractivity contribution is 0.00475. The summed E-state index contributed by atoms with van der Waals surface area (Å²) in [6.45, 7) is 8.53.